The van der Waals surface area contributed by atoms with Crippen molar-refractivity contribution in [1.82, 2.24) is 4.57 Å². The Balaban J connectivity index is 1.05. The molecule has 0 unspecified atom stereocenters. The maximum atomic E-state index is 6.91. The number of hydrogen-bond donors (Lipinski definition) is 0. The molecule has 0 spiro atoms. The molecule has 0 saturated heterocycles. The number of rotatable bonds is 6. The van der Waals surface area contributed by atoms with Crippen molar-refractivity contribution in [1.29, 1.82) is 0 Å². The highest BCUT2D eigenvalue weighted by Gasteiger charge is 2.24. The van der Waals surface area contributed by atoms with Gasteiger partial charge in [0.2, 0.25) is 0 Å². The summed E-state index contributed by atoms with van der Waals surface area (Å²) in [5.41, 5.74) is 14.2. The fraction of sp³-hybridized carbons (Fsp3) is 0. The van der Waals surface area contributed by atoms with E-state index < -0.39 is 0 Å². The quantitative estimate of drug-likeness (QED) is 0.168. The SMILES string of the molecule is c1cc(-c2cccc3c2oc2ccccc23)cc(N(c2ccc3ccccc3c2)c2ccc3c(oc4ccccc43)c2-c2ccc(-n3c4ccccc4c4ccccc43)cc2)c1. The van der Waals surface area contributed by atoms with Gasteiger partial charge in [-0.25, -0.2) is 0 Å². The standard InChI is InChI=1S/C58H36N2O2/c1-2-14-39-35-43(32-27-37(39)13-1)59(42-16-11-15-40(36-42)44-21-12-22-49-47-19-5-9-25-54(47)61-57(44)49)53-34-33-50-48-20-6-10-26-55(48)62-58(50)56(53)38-28-30-41(31-29-38)60-51-23-7-3-17-45(51)46-18-4-8-24-52(46)60/h1-36H. The van der Waals surface area contributed by atoms with Gasteiger partial charge >= 0.3 is 0 Å². The third-order valence-corrected chi connectivity index (χ3v) is 12.6. The van der Waals surface area contributed by atoms with Gasteiger partial charge in [0, 0.05) is 60.5 Å². The molecule has 10 aromatic carbocycles. The molecule has 0 bridgehead atoms. The van der Waals surface area contributed by atoms with E-state index >= 15 is 0 Å². The highest BCUT2D eigenvalue weighted by molar-refractivity contribution is 6.14. The van der Waals surface area contributed by atoms with Crippen molar-refractivity contribution in [2.24, 2.45) is 0 Å². The predicted molar refractivity (Wildman–Crippen MR) is 258 cm³/mol. The molecule has 0 atom stereocenters. The number of furan rings is 2. The minimum atomic E-state index is 0.849. The molecule has 4 nitrogen and oxygen atoms in total. The maximum absolute atomic E-state index is 6.91. The minimum Gasteiger partial charge on any atom is -0.455 e. The topological polar surface area (TPSA) is 34.5 Å². The van der Waals surface area contributed by atoms with Crippen LogP contribution in [0.15, 0.2) is 227 Å². The number of hydrogen-bond acceptors (Lipinski definition) is 3. The molecule has 0 aliphatic carbocycles. The van der Waals surface area contributed by atoms with E-state index in [-0.39, 0.29) is 0 Å². The molecule has 3 aromatic heterocycles. The largest absolute Gasteiger partial charge is 0.455 e. The Morgan fingerprint density at radius 3 is 1.68 bits per heavy atom. The lowest BCUT2D eigenvalue weighted by atomic mass is 9.97. The first kappa shape index (κ1) is 34.5. The highest BCUT2D eigenvalue weighted by atomic mass is 16.3. The van der Waals surface area contributed by atoms with Gasteiger partial charge in [-0.05, 0) is 94.7 Å². The molecule has 0 amide bonds. The van der Waals surface area contributed by atoms with Gasteiger partial charge in [-0.15, -0.1) is 0 Å². The average molecular weight is 793 g/mol. The molecule has 0 fully saturated rings. The van der Waals surface area contributed by atoms with E-state index in [1.54, 1.807) is 0 Å². The summed E-state index contributed by atoms with van der Waals surface area (Å²) in [5, 5.41) is 9.24. The summed E-state index contributed by atoms with van der Waals surface area (Å²) >= 11 is 0. The molecule has 0 N–H and O–H groups in total. The maximum Gasteiger partial charge on any atom is 0.145 e. The van der Waals surface area contributed by atoms with E-state index in [1.165, 1.54) is 32.6 Å². The van der Waals surface area contributed by atoms with Crippen LogP contribution in [0.5, 0.6) is 0 Å². The van der Waals surface area contributed by atoms with E-state index in [0.717, 1.165) is 88.9 Å². The van der Waals surface area contributed by atoms with Crippen molar-refractivity contribution in [3.05, 3.63) is 218 Å². The molecule has 4 heteroatoms. The van der Waals surface area contributed by atoms with Crippen molar-refractivity contribution in [2.45, 2.75) is 0 Å². The Morgan fingerprint density at radius 2 is 0.935 bits per heavy atom. The van der Waals surface area contributed by atoms with Gasteiger partial charge in [-0.1, -0.05) is 146 Å². The summed E-state index contributed by atoms with van der Waals surface area (Å²) in [6, 6.07) is 78.0. The second-order valence-electron chi connectivity index (χ2n) is 16.0. The third kappa shape index (κ3) is 5.27. The fourth-order valence-corrected chi connectivity index (χ4v) is 9.75. The Kier molecular flexibility index (Phi) is 7.57. The van der Waals surface area contributed by atoms with Gasteiger partial charge in [0.25, 0.3) is 0 Å². The first-order chi connectivity index (χ1) is 30.7. The van der Waals surface area contributed by atoms with E-state index in [0.29, 0.717) is 0 Å². The van der Waals surface area contributed by atoms with Gasteiger partial charge in [0.15, 0.2) is 0 Å². The summed E-state index contributed by atoms with van der Waals surface area (Å²) < 4.78 is 15.8. The molecule has 3 heterocycles. The van der Waals surface area contributed by atoms with E-state index in [1.807, 2.05) is 18.2 Å². The summed E-state index contributed by atoms with van der Waals surface area (Å²) in [5.74, 6) is 0. The molecule has 0 aliphatic rings. The van der Waals surface area contributed by atoms with Crippen molar-refractivity contribution < 1.29 is 8.83 Å². The Bertz CT molecular complexity index is 3830. The summed E-state index contributed by atoms with van der Waals surface area (Å²) in [4.78, 5) is 2.39. The minimum absolute atomic E-state index is 0.849. The Hall–Kier alpha value is -8.34. The van der Waals surface area contributed by atoms with Crippen molar-refractivity contribution >= 4 is 93.5 Å². The number of aromatic nitrogens is 1. The molecule has 13 rings (SSSR count). The van der Waals surface area contributed by atoms with Crippen LogP contribution in [0.4, 0.5) is 17.1 Å². The van der Waals surface area contributed by atoms with E-state index in [2.05, 4.69) is 210 Å². The van der Waals surface area contributed by atoms with Crippen LogP contribution in [0.2, 0.25) is 0 Å². The lowest BCUT2D eigenvalue weighted by Gasteiger charge is -2.29. The summed E-state index contributed by atoms with van der Waals surface area (Å²) in [6.45, 7) is 0. The van der Waals surface area contributed by atoms with Gasteiger partial charge in [0.05, 0.1) is 16.7 Å². The molecule has 290 valence electrons. The fourth-order valence-electron chi connectivity index (χ4n) is 9.75. The number of para-hydroxylation sites is 5. The Morgan fingerprint density at radius 1 is 0.355 bits per heavy atom. The van der Waals surface area contributed by atoms with Crippen molar-refractivity contribution in [3.63, 3.8) is 0 Å². The number of benzene rings is 10. The third-order valence-electron chi connectivity index (χ3n) is 12.6. The van der Waals surface area contributed by atoms with Crippen LogP contribution in [0.1, 0.15) is 0 Å². The predicted octanol–water partition coefficient (Wildman–Crippen LogP) is 16.5. The molecule has 0 aliphatic heterocycles. The second-order valence-corrected chi connectivity index (χ2v) is 16.0. The molecule has 0 radical (unpaired) electrons. The van der Waals surface area contributed by atoms with Crippen LogP contribution in [0.3, 0.4) is 0 Å². The summed E-state index contributed by atoms with van der Waals surface area (Å²) in [7, 11) is 0. The first-order valence-corrected chi connectivity index (χ1v) is 21.1. The lowest BCUT2D eigenvalue weighted by molar-refractivity contribution is 0.669. The van der Waals surface area contributed by atoms with Gasteiger partial charge in [-0.2, -0.15) is 0 Å². The van der Waals surface area contributed by atoms with E-state index in [9.17, 15) is 0 Å². The lowest BCUT2D eigenvalue weighted by Crippen LogP contribution is -2.11. The van der Waals surface area contributed by atoms with Crippen LogP contribution < -0.4 is 4.90 Å². The number of fused-ring (bicyclic) bond motifs is 10. The first-order valence-electron chi connectivity index (χ1n) is 21.1. The average Bonchev–Trinajstić information content (AvgIpc) is 4.02. The normalized spacial score (nSPS) is 11.9. The van der Waals surface area contributed by atoms with Crippen molar-refractivity contribution in [3.8, 4) is 27.9 Å². The van der Waals surface area contributed by atoms with Crippen LogP contribution in [-0.2, 0) is 0 Å². The molecule has 62 heavy (non-hydrogen) atoms. The zero-order chi connectivity index (χ0) is 40.7. The van der Waals surface area contributed by atoms with Crippen LogP contribution in [0, 0.1) is 0 Å². The van der Waals surface area contributed by atoms with E-state index in [4.69, 9.17) is 8.83 Å². The smallest absolute Gasteiger partial charge is 0.145 e. The van der Waals surface area contributed by atoms with Gasteiger partial charge < -0.3 is 18.3 Å². The molecular formula is C58H36N2O2. The number of anilines is 3. The monoisotopic (exact) mass is 792 g/mol. The zero-order valence-electron chi connectivity index (χ0n) is 33.5. The zero-order valence-corrected chi connectivity index (χ0v) is 33.5. The van der Waals surface area contributed by atoms with Gasteiger partial charge in [0.1, 0.15) is 22.3 Å². The van der Waals surface area contributed by atoms with Crippen LogP contribution in [0.25, 0.3) is 104 Å². The van der Waals surface area contributed by atoms with Crippen LogP contribution >= 0.6 is 0 Å². The highest BCUT2D eigenvalue weighted by Crippen LogP contribution is 2.48. The summed E-state index contributed by atoms with van der Waals surface area (Å²) in [6.07, 6.45) is 0. The molecule has 0 saturated carbocycles. The number of nitrogens with zero attached hydrogens (tertiary/aromatic N) is 2. The van der Waals surface area contributed by atoms with Gasteiger partial charge in [-0.3, -0.25) is 0 Å². The molecule has 13 aromatic rings. The second kappa shape index (κ2) is 13.6. The Labute approximate surface area is 356 Å². The van der Waals surface area contributed by atoms with Crippen molar-refractivity contribution in [2.75, 3.05) is 4.90 Å². The van der Waals surface area contributed by atoms with Crippen LogP contribution in [-0.4, -0.2) is 4.57 Å². The molecular weight excluding hydrogens is 757 g/mol.